The normalized spacial score (nSPS) is 10.4. The lowest BCUT2D eigenvalue weighted by molar-refractivity contribution is 0.456. The molecule has 0 aliphatic rings. The molecule has 106 valence electrons. The van der Waals surface area contributed by atoms with E-state index in [0.29, 0.717) is 11.6 Å². The van der Waals surface area contributed by atoms with Gasteiger partial charge in [0.2, 0.25) is 5.88 Å². The van der Waals surface area contributed by atoms with Crippen molar-refractivity contribution in [2.75, 3.05) is 11.9 Å². The molecule has 1 N–H and O–H groups in total. The van der Waals surface area contributed by atoms with Crippen LogP contribution in [0.4, 0.5) is 10.2 Å². The van der Waals surface area contributed by atoms with Gasteiger partial charge in [-0.15, -0.1) is 0 Å². The Morgan fingerprint density at radius 2 is 2.15 bits per heavy atom. The fourth-order valence-corrected chi connectivity index (χ4v) is 1.78. The maximum absolute atomic E-state index is 13.1. The molecule has 2 rings (SSSR count). The highest BCUT2D eigenvalue weighted by Crippen LogP contribution is 2.28. The maximum atomic E-state index is 13.1. The van der Waals surface area contributed by atoms with Gasteiger partial charge >= 0.3 is 0 Å². The first-order valence-electron chi connectivity index (χ1n) is 6.30. The van der Waals surface area contributed by atoms with Gasteiger partial charge in [-0.1, -0.05) is 18.5 Å². The van der Waals surface area contributed by atoms with E-state index in [-0.39, 0.29) is 5.02 Å². The van der Waals surface area contributed by atoms with Crippen molar-refractivity contribution in [1.29, 1.82) is 0 Å². The standard InChI is InChI=1S/C14H15ClFN3O/c1-3-6-17-13-9(2)14(19-8-18-13)20-10-4-5-12(16)11(15)7-10/h4-5,7-8H,3,6H2,1-2H3,(H,17,18,19). The first kappa shape index (κ1) is 14.5. The molecule has 0 radical (unpaired) electrons. The third-order valence-electron chi connectivity index (χ3n) is 2.69. The summed E-state index contributed by atoms with van der Waals surface area (Å²) < 4.78 is 18.7. The molecule has 0 unspecified atom stereocenters. The average molecular weight is 296 g/mol. The van der Waals surface area contributed by atoms with E-state index in [1.165, 1.54) is 24.5 Å². The molecule has 4 nitrogen and oxygen atoms in total. The molecule has 0 saturated carbocycles. The van der Waals surface area contributed by atoms with Gasteiger partial charge in [-0.25, -0.2) is 14.4 Å². The number of hydrogen-bond acceptors (Lipinski definition) is 4. The van der Waals surface area contributed by atoms with Crippen LogP contribution in [0.3, 0.4) is 0 Å². The van der Waals surface area contributed by atoms with Crippen LogP contribution < -0.4 is 10.1 Å². The van der Waals surface area contributed by atoms with Crippen molar-refractivity contribution in [2.24, 2.45) is 0 Å². The molecular weight excluding hydrogens is 281 g/mol. The molecule has 0 bridgehead atoms. The number of rotatable bonds is 5. The lowest BCUT2D eigenvalue weighted by atomic mass is 10.3. The minimum absolute atomic E-state index is 0.0125. The molecule has 0 saturated heterocycles. The largest absolute Gasteiger partial charge is 0.439 e. The number of nitrogens with zero attached hydrogens (tertiary/aromatic N) is 2. The number of ether oxygens (including phenoxy) is 1. The van der Waals surface area contributed by atoms with E-state index in [1.807, 2.05) is 6.92 Å². The summed E-state index contributed by atoms with van der Waals surface area (Å²) in [6, 6.07) is 4.17. The van der Waals surface area contributed by atoms with Crippen molar-refractivity contribution < 1.29 is 9.13 Å². The lowest BCUT2D eigenvalue weighted by Gasteiger charge is -2.11. The number of hydrogen-bond donors (Lipinski definition) is 1. The summed E-state index contributed by atoms with van der Waals surface area (Å²) in [5.41, 5.74) is 0.793. The summed E-state index contributed by atoms with van der Waals surface area (Å²) in [4.78, 5) is 8.25. The molecular formula is C14H15ClFN3O. The fraction of sp³-hybridized carbons (Fsp3) is 0.286. The molecule has 6 heteroatoms. The van der Waals surface area contributed by atoms with E-state index in [0.717, 1.165) is 24.3 Å². The van der Waals surface area contributed by atoms with Crippen LogP contribution in [-0.2, 0) is 0 Å². The average Bonchev–Trinajstić information content (AvgIpc) is 2.44. The van der Waals surface area contributed by atoms with Crippen molar-refractivity contribution in [3.8, 4) is 11.6 Å². The Bertz CT molecular complexity index is 607. The van der Waals surface area contributed by atoms with Crippen LogP contribution in [0.1, 0.15) is 18.9 Å². The number of benzene rings is 1. The molecule has 2 aromatic rings. The Hall–Kier alpha value is -1.88. The second-order valence-corrected chi connectivity index (χ2v) is 4.66. The predicted octanol–water partition coefficient (Wildman–Crippen LogP) is 4.19. The molecule has 0 aliphatic carbocycles. The van der Waals surface area contributed by atoms with Crippen LogP contribution in [0, 0.1) is 12.7 Å². The van der Waals surface area contributed by atoms with Gasteiger partial charge in [0.25, 0.3) is 0 Å². The molecule has 1 aromatic carbocycles. The van der Waals surface area contributed by atoms with Crippen molar-refractivity contribution >= 4 is 17.4 Å². The van der Waals surface area contributed by atoms with Gasteiger partial charge in [-0.2, -0.15) is 0 Å². The molecule has 0 amide bonds. The zero-order valence-corrected chi connectivity index (χ0v) is 12.0. The molecule has 1 heterocycles. The SMILES string of the molecule is CCCNc1ncnc(Oc2ccc(F)c(Cl)c2)c1C. The molecule has 0 spiro atoms. The van der Waals surface area contributed by atoms with Crippen molar-refractivity contribution in [2.45, 2.75) is 20.3 Å². The summed E-state index contributed by atoms with van der Waals surface area (Å²) in [5.74, 6) is 1.09. The van der Waals surface area contributed by atoms with Crippen LogP contribution in [-0.4, -0.2) is 16.5 Å². The molecule has 20 heavy (non-hydrogen) atoms. The molecule has 1 aromatic heterocycles. The van der Waals surface area contributed by atoms with Crippen LogP contribution in [0.15, 0.2) is 24.5 Å². The number of anilines is 1. The minimum atomic E-state index is -0.483. The highest BCUT2D eigenvalue weighted by atomic mass is 35.5. The third kappa shape index (κ3) is 3.36. The van der Waals surface area contributed by atoms with Gasteiger partial charge in [-0.3, -0.25) is 0 Å². The zero-order chi connectivity index (χ0) is 14.5. The third-order valence-corrected chi connectivity index (χ3v) is 2.98. The predicted molar refractivity (Wildman–Crippen MR) is 77.0 cm³/mol. The summed E-state index contributed by atoms with van der Waals surface area (Å²) in [7, 11) is 0. The summed E-state index contributed by atoms with van der Waals surface area (Å²) >= 11 is 5.72. The van der Waals surface area contributed by atoms with Crippen LogP contribution in [0.5, 0.6) is 11.6 Å². The van der Waals surface area contributed by atoms with E-state index in [1.54, 1.807) is 0 Å². The van der Waals surface area contributed by atoms with E-state index in [4.69, 9.17) is 16.3 Å². The Kier molecular flexibility index (Phi) is 4.74. The Balaban J connectivity index is 2.22. The maximum Gasteiger partial charge on any atom is 0.227 e. The quantitative estimate of drug-likeness (QED) is 0.898. The Morgan fingerprint density at radius 1 is 1.35 bits per heavy atom. The summed E-state index contributed by atoms with van der Waals surface area (Å²) in [5, 5.41) is 3.20. The molecule has 0 aliphatic heterocycles. The van der Waals surface area contributed by atoms with Gasteiger partial charge in [0.15, 0.2) is 0 Å². The van der Waals surface area contributed by atoms with E-state index < -0.39 is 5.82 Å². The van der Waals surface area contributed by atoms with Gasteiger partial charge in [0, 0.05) is 12.6 Å². The number of aromatic nitrogens is 2. The van der Waals surface area contributed by atoms with Gasteiger partial charge in [0.05, 0.1) is 10.6 Å². The smallest absolute Gasteiger partial charge is 0.227 e. The van der Waals surface area contributed by atoms with Crippen molar-refractivity contribution in [3.63, 3.8) is 0 Å². The van der Waals surface area contributed by atoms with Crippen molar-refractivity contribution in [1.82, 2.24) is 9.97 Å². The Morgan fingerprint density at radius 3 is 2.85 bits per heavy atom. The topological polar surface area (TPSA) is 47.0 Å². The highest BCUT2D eigenvalue weighted by molar-refractivity contribution is 6.30. The van der Waals surface area contributed by atoms with Gasteiger partial charge in [-0.05, 0) is 25.5 Å². The van der Waals surface area contributed by atoms with Crippen LogP contribution >= 0.6 is 11.6 Å². The van der Waals surface area contributed by atoms with E-state index in [2.05, 4.69) is 22.2 Å². The monoisotopic (exact) mass is 295 g/mol. The fourth-order valence-electron chi connectivity index (χ4n) is 1.61. The van der Waals surface area contributed by atoms with E-state index >= 15 is 0 Å². The molecule has 0 atom stereocenters. The Labute approximate surface area is 122 Å². The summed E-state index contributed by atoms with van der Waals surface area (Å²) in [6.45, 7) is 4.75. The zero-order valence-electron chi connectivity index (χ0n) is 11.3. The van der Waals surface area contributed by atoms with Gasteiger partial charge < -0.3 is 10.1 Å². The lowest BCUT2D eigenvalue weighted by Crippen LogP contribution is -2.05. The highest BCUT2D eigenvalue weighted by Gasteiger charge is 2.10. The van der Waals surface area contributed by atoms with Crippen LogP contribution in [0.25, 0.3) is 0 Å². The first-order chi connectivity index (χ1) is 9.61. The molecule has 0 fully saturated rings. The summed E-state index contributed by atoms with van der Waals surface area (Å²) in [6.07, 6.45) is 2.42. The van der Waals surface area contributed by atoms with Crippen molar-refractivity contribution in [3.05, 3.63) is 40.9 Å². The number of halogens is 2. The number of nitrogens with one attached hydrogen (secondary N) is 1. The van der Waals surface area contributed by atoms with E-state index in [9.17, 15) is 4.39 Å². The minimum Gasteiger partial charge on any atom is -0.439 e. The van der Waals surface area contributed by atoms with Gasteiger partial charge in [0.1, 0.15) is 23.7 Å². The van der Waals surface area contributed by atoms with Crippen LogP contribution in [0.2, 0.25) is 5.02 Å². The second-order valence-electron chi connectivity index (χ2n) is 4.26. The first-order valence-corrected chi connectivity index (χ1v) is 6.68. The second kappa shape index (κ2) is 6.52.